The van der Waals surface area contributed by atoms with E-state index in [1.807, 2.05) is 0 Å². The first-order valence-electron chi connectivity index (χ1n) is 6.35. The molecule has 21 heavy (non-hydrogen) atoms. The lowest BCUT2D eigenvalue weighted by atomic mass is 9.91. The number of carbonyl (C=O) groups is 1. The number of rotatable bonds is 2. The Balaban J connectivity index is 2.09. The quantitative estimate of drug-likeness (QED) is 0.645. The molecule has 0 unspecified atom stereocenters. The smallest absolute Gasteiger partial charge is 0.251 e. The van der Waals surface area contributed by atoms with Gasteiger partial charge in [0.15, 0.2) is 6.29 Å². The van der Waals surface area contributed by atoms with Crippen molar-refractivity contribution in [1.82, 2.24) is 0 Å². The molecule has 1 nitrogen and oxygen atoms in total. The van der Waals surface area contributed by atoms with Crippen LogP contribution in [0.1, 0.15) is 34.5 Å². The van der Waals surface area contributed by atoms with E-state index >= 15 is 0 Å². The van der Waals surface area contributed by atoms with Gasteiger partial charge in [-0.05, 0) is 29.7 Å². The second-order valence-corrected chi connectivity index (χ2v) is 6.48. The Morgan fingerprint density at radius 3 is 2.71 bits per heavy atom. The minimum atomic E-state index is -2.68. The summed E-state index contributed by atoms with van der Waals surface area (Å²) in [4.78, 5) is 11.1. The standard InChI is InChI=1S/C15H10ClF3OS/c16-14-12(7-20)21-11-6-9(5-10(17)13(11)14)8-1-3-15(18,19)4-2-8/h1,5-7H,2-4H2. The van der Waals surface area contributed by atoms with Crippen LogP contribution in [0.15, 0.2) is 18.2 Å². The summed E-state index contributed by atoms with van der Waals surface area (Å²) in [7, 11) is 0. The highest BCUT2D eigenvalue weighted by atomic mass is 35.5. The fourth-order valence-electron chi connectivity index (χ4n) is 2.48. The van der Waals surface area contributed by atoms with Crippen molar-refractivity contribution >= 4 is 44.9 Å². The van der Waals surface area contributed by atoms with Gasteiger partial charge in [-0.2, -0.15) is 0 Å². The average molecular weight is 331 g/mol. The van der Waals surface area contributed by atoms with Gasteiger partial charge < -0.3 is 0 Å². The number of carbonyl (C=O) groups excluding carboxylic acids is 1. The highest BCUT2D eigenvalue weighted by Crippen LogP contribution is 2.41. The van der Waals surface area contributed by atoms with Crippen molar-refractivity contribution in [1.29, 1.82) is 0 Å². The van der Waals surface area contributed by atoms with Gasteiger partial charge in [0, 0.05) is 22.9 Å². The molecular weight excluding hydrogens is 321 g/mol. The molecule has 0 atom stereocenters. The van der Waals surface area contributed by atoms with Crippen molar-refractivity contribution in [3.8, 4) is 0 Å². The van der Waals surface area contributed by atoms with Gasteiger partial charge in [0.1, 0.15) is 5.82 Å². The van der Waals surface area contributed by atoms with Crippen LogP contribution in [0.2, 0.25) is 5.02 Å². The first-order chi connectivity index (χ1) is 9.91. The molecule has 0 aliphatic heterocycles. The zero-order chi connectivity index (χ0) is 15.2. The van der Waals surface area contributed by atoms with Crippen molar-refractivity contribution in [3.63, 3.8) is 0 Å². The molecule has 1 aliphatic rings. The summed E-state index contributed by atoms with van der Waals surface area (Å²) in [6.07, 6.45) is 1.69. The van der Waals surface area contributed by atoms with E-state index in [2.05, 4.69) is 0 Å². The van der Waals surface area contributed by atoms with Crippen molar-refractivity contribution in [2.24, 2.45) is 0 Å². The Kier molecular flexibility index (Phi) is 3.58. The molecule has 2 aromatic rings. The van der Waals surface area contributed by atoms with Crippen molar-refractivity contribution in [2.75, 3.05) is 0 Å². The Bertz CT molecular complexity index is 764. The van der Waals surface area contributed by atoms with Crippen molar-refractivity contribution in [2.45, 2.75) is 25.2 Å². The maximum Gasteiger partial charge on any atom is 0.251 e. The molecule has 0 saturated heterocycles. The van der Waals surface area contributed by atoms with Gasteiger partial charge in [-0.15, -0.1) is 11.3 Å². The summed E-state index contributed by atoms with van der Waals surface area (Å²) in [6.45, 7) is 0. The molecule has 0 saturated carbocycles. The third-order valence-electron chi connectivity index (χ3n) is 3.59. The fourth-order valence-corrected chi connectivity index (χ4v) is 3.85. The minimum absolute atomic E-state index is 0.109. The first-order valence-corrected chi connectivity index (χ1v) is 7.55. The summed E-state index contributed by atoms with van der Waals surface area (Å²) >= 11 is 7.06. The number of benzene rings is 1. The zero-order valence-electron chi connectivity index (χ0n) is 10.8. The first kappa shape index (κ1) is 14.6. The highest BCUT2D eigenvalue weighted by molar-refractivity contribution is 7.21. The highest BCUT2D eigenvalue weighted by Gasteiger charge is 2.31. The van der Waals surface area contributed by atoms with Crippen LogP contribution in [0, 0.1) is 5.82 Å². The van der Waals surface area contributed by atoms with E-state index in [-0.39, 0.29) is 34.5 Å². The summed E-state index contributed by atoms with van der Waals surface area (Å²) in [6, 6.07) is 3.00. The molecule has 3 rings (SSSR count). The molecule has 0 bridgehead atoms. The number of thiophene rings is 1. The molecule has 0 N–H and O–H groups in total. The van der Waals surface area contributed by atoms with Gasteiger partial charge in [0.05, 0.1) is 9.90 Å². The van der Waals surface area contributed by atoms with Crippen LogP contribution in [-0.2, 0) is 0 Å². The van der Waals surface area contributed by atoms with Gasteiger partial charge in [0.2, 0.25) is 0 Å². The Morgan fingerprint density at radius 2 is 2.10 bits per heavy atom. The van der Waals surface area contributed by atoms with E-state index in [4.69, 9.17) is 11.6 Å². The van der Waals surface area contributed by atoms with Crippen LogP contribution in [0.4, 0.5) is 13.2 Å². The van der Waals surface area contributed by atoms with E-state index in [1.54, 1.807) is 6.07 Å². The topological polar surface area (TPSA) is 17.1 Å². The van der Waals surface area contributed by atoms with Crippen LogP contribution < -0.4 is 0 Å². The van der Waals surface area contributed by atoms with E-state index in [0.29, 0.717) is 22.1 Å². The Morgan fingerprint density at radius 1 is 1.33 bits per heavy atom. The third kappa shape index (κ3) is 2.60. The second kappa shape index (κ2) is 5.14. The number of hydrogen-bond acceptors (Lipinski definition) is 2. The average Bonchev–Trinajstić information content (AvgIpc) is 2.75. The lowest BCUT2D eigenvalue weighted by Gasteiger charge is -2.21. The maximum absolute atomic E-state index is 14.2. The van der Waals surface area contributed by atoms with E-state index in [9.17, 15) is 18.0 Å². The number of alkyl halides is 2. The van der Waals surface area contributed by atoms with E-state index in [0.717, 1.165) is 11.3 Å². The maximum atomic E-state index is 14.2. The summed E-state index contributed by atoms with van der Waals surface area (Å²) < 4.78 is 41.1. The SMILES string of the molecule is O=Cc1sc2cc(C3=CCC(F)(F)CC3)cc(F)c2c1Cl. The largest absolute Gasteiger partial charge is 0.297 e. The molecule has 1 aromatic heterocycles. The minimum Gasteiger partial charge on any atom is -0.297 e. The van der Waals surface area contributed by atoms with Gasteiger partial charge in [-0.25, -0.2) is 13.2 Å². The predicted molar refractivity (Wildman–Crippen MR) is 79.0 cm³/mol. The molecule has 1 heterocycles. The summed E-state index contributed by atoms with van der Waals surface area (Å²) in [5.74, 6) is -3.21. The molecular formula is C15H10ClF3OS. The third-order valence-corrected chi connectivity index (χ3v) is 5.16. The molecule has 0 radical (unpaired) electrons. The molecule has 0 spiro atoms. The van der Waals surface area contributed by atoms with Gasteiger partial charge in [-0.1, -0.05) is 17.7 Å². The molecule has 1 aromatic carbocycles. The molecule has 6 heteroatoms. The van der Waals surface area contributed by atoms with Crippen LogP contribution in [-0.4, -0.2) is 12.2 Å². The normalized spacial score (nSPS) is 17.8. The number of hydrogen-bond donors (Lipinski definition) is 0. The second-order valence-electron chi connectivity index (χ2n) is 5.02. The van der Waals surface area contributed by atoms with Crippen LogP contribution in [0.25, 0.3) is 15.7 Å². The van der Waals surface area contributed by atoms with Crippen LogP contribution in [0.5, 0.6) is 0 Å². The number of halogens is 4. The van der Waals surface area contributed by atoms with Crippen LogP contribution in [0.3, 0.4) is 0 Å². The lowest BCUT2D eigenvalue weighted by Crippen LogP contribution is -2.18. The fraction of sp³-hybridized carbons (Fsp3) is 0.267. The van der Waals surface area contributed by atoms with Gasteiger partial charge in [0.25, 0.3) is 5.92 Å². The monoisotopic (exact) mass is 330 g/mol. The van der Waals surface area contributed by atoms with Crippen LogP contribution >= 0.6 is 22.9 Å². The summed E-state index contributed by atoms with van der Waals surface area (Å²) in [5.41, 5.74) is 1.28. The van der Waals surface area contributed by atoms with E-state index in [1.165, 1.54) is 12.1 Å². The van der Waals surface area contributed by atoms with Gasteiger partial charge >= 0.3 is 0 Å². The molecule has 0 fully saturated rings. The molecule has 1 aliphatic carbocycles. The Labute approximate surface area is 128 Å². The molecule has 110 valence electrons. The molecule has 0 amide bonds. The number of aldehydes is 1. The summed E-state index contributed by atoms with van der Waals surface area (Å²) in [5, 5.41) is 0.326. The predicted octanol–water partition coefficient (Wildman–Crippen LogP) is 5.71. The van der Waals surface area contributed by atoms with Crippen molar-refractivity contribution in [3.05, 3.63) is 39.5 Å². The zero-order valence-corrected chi connectivity index (χ0v) is 12.3. The van der Waals surface area contributed by atoms with Crippen molar-refractivity contribution < 1.29 is 18.0 Å². The number of fused-ring (bicyclic) bond motifs is 1. The number of allylic oxidation sites excluding steroid dienone is 2. The lowest BCUT2D eigenvalue weighted by molar-refractivity contribution is -0.00603. The van der Waals surface area contributed by atoms with Gasteiger partial charge in [-0.3, -0.25) is 4.79 Å². The van der Waals surface area contributed by atoms with E-state index < -0.39 is 11.7 Å². The Hall–Kier alpha value is -1.33.